The van der Waals surface area contributed by atoms with Gasteiger partial charge in [-0.15, -0.1) is 0 Å². The molecular formula is C16H17N5O. The van der Waals surface area contributed by atoms with Crippen molar-refractivity contribution in [2.75, 3.05) is 29.9 Å². The number of benzene rings is 1. The molecule has 1 aliphatic rings. The van der Waals surface area contributed by atoms with E-state index >= 15 is 0 Å². The second-order valence-electron chi connectivity index (χ2n) is 5.58. The monoisotopic (exact) mass is 295 g/mol. The molecule has 1 atom stereocenters. The first-order chi connectivity index (χ1) is 10.9. The van der Waals surface area contributed by atoms with Crippen LogP contribution in [0.2, 0.25) is 0 Å². The largest absolute Gasteiger partial charge is 0.371 e. The topological polar surface area (TPSA) is 67.1 Å². The van der Waals surface area contributed by atoms with Gasteiger partial charge in [-0.3, -0.25) is 0 Å². The van der Waals surface area contributed by atoms with Crippen molar-refractivity contribution in [3.8, 4) is 0 Å². The summed E-state index contributed by atoms with van der Waals surface area (Å²) in [5, 5.41) is 8.01. The molecule has 22 heavy (non-hydrogen) atoms. The van der Waals surface area contributed by atoms with E-state index in [0.29, 0.717) is 11.6 Å². The Kier molecular flexibility index (Phi) is 3.34. The van der Waals surface area contributed by atoms with Crippen LogP contribution in [0.1, 0.15) is 6.42 Å². The first-order valence-electron chi connectivity index (χ1n) is 7.49. The SMILES string of the molecule is c1ccc(N2CCC(CNc3ncnc4oncc34)C2)cc1. The van der Waals surface area contributed by atoms with Gasteiger partial charge in [-0.2, -0.15) is 4.98 Å². The Morgan fingerprint density at radius 3 is 3.05 bits per heavy atom. The highest BCUT2D eigenvalue weighted by Gasteiger charge is 2.22. The Labute approximate surface area is 128 Å². The van der Waals surface area contributed by atoms with Crippen LogP contribution in [0.3, 0.4) is 0 Å². The highest BCUT2D eigenvalue weighted by molar-refractivity contribution is 5.84. The summed E-state index contributed by atoms with van der Waals surface area (Å²) in [6, 6.07) is 10.6. The number of aromatic nitrogens is 3. The van der Waals surface area contributed by atoms with Crippen LogP contribution in [0.5, 0.6) is 0 Å². The van der Waals surface area contributed by atoms with Crippen LogP contribution in [0, 0.1) is 5.92 Å². The molecule has 1 aliphatic heterocycles. The molecule has 1 aromatic carbocycles. The zero-order valence-electron chi connectivity index (χ0n) is 12.1. The average molecular weight is 295 g/mol. The molecule has 0 bridgehead atoms. The minimum Gasteiger partial charge on any atom is -0.371 e. The van der Waals surface area contributed by atoms with Crippen LogP contribution < -0.4 is 10.2 Å². The van der Waals surface area contributed by atoms with E-state index in [9.17, 15) is 0 Å². The molecule has 6 heteroatoms. The molecular weight excluding hydrogens is 278 g/mol. The lowest BCUT2D eigenvalue weighted by Gasteiger charge is -2.18. The van der Waals surface area contributed by atoms with Crippen molar-refractivity contribution in [3.05, 3.63) is 42.9 Å². The normalized spacial score (nSPS) is 18.0. The highest BCUT2D eigenvalue weighted by atomic mass is 16.5. The number of rotatable bonds is 4. The molecule has 0 aliphatic carbocycles. The summed E-state index contributed by atoms with van der Waals surface area (Å²) in [5.41, 5.74) is 1.82. The number of nitrogens with one attached hydrogen (secondary N) is 1. The van der Waals surface area contributed by atoms with E-state index in [1.165, 1.54) is 18.4 Å². The lowest BCUT2D eigenvalue weighted by molar-refractivity contribution is 0.448. The average Bonchev–Trinajstić information content (AvgIpc) is 3.23. The molecule has 0 saturated carbocycles. The van der Waals surface area contributed by atoms with Gasteiger partial charge in [0.1, 0.15) is 17.5 Å². The Morgan fingerprint density at radius 2 is 2.14 bits per heavy atom. The zero-order chi connectivity index (χ0) is 14.8. The maximum atomic E-state index is 5.06. The van der Waals surface area contributed by atoms with Gasteiger partial charge in [0, 0.05) is 25.3 Å². The summed E-state index contributed by atoms with van der Waals surface area (Å²) in [5.74, 6) is 1.40. The van der Waals surface area contributed by atoms with Gasteiger partial charge >= 0.3 is 0 Å². The van der Waals surface area contributed by atoms with Crippen molar-refractivity contribution < 1.29 is 4.52 Å². The van der Waals surface area contributed by atoms with Gasteiger partial charge < -0.3 is 14.7 Å². The maximum Gasteiger partial charge on any atom is 0.262 e. The van der Waals surface area contributed by atoms with Crippen LogP contribution in [0.25, 0.3) is 11.1 Å². The molecule has 1 N–H and O–H groups in total. The number of fused-ring (bicyclic) bond motifs is 1. The first-order valence-corrected chi connectivity index (χ1v) is 7.49. The fraction of sp³-hybridized carbons (Fsp3) is 0.312. The zero-order valence-corrected chi connectivity index (χ0v) is 12.1. The molecule has 1 fully saturated rings. The van der Waals surface area contributed by atoms with E-state index in [2.05, 4.69) is 55.7 Å². The second kappa shape index (κ2) is 5.63. The summed E-state index contributed by atoms with van der Waals surface area (Å²) in [7, 11) is 0. The Bertz CT molecular complexity index is 757. The van der Waals surface area contributed by atoms with Gasteiger partial charge in [-0.1, -0.05) is 23.4 Å². The Morgan fingerprint density at radius 1 is 1.23 bits per heavy atom. The van der Waals surface area contributed by atoms with Gasteiger partial charge in [0.25, 0.3) is 5.71 Å². The molecule has 112 valence electrons. The summed E-state index contributed by atoms with van der Waals surface area (Å²) in [6.07, 6.45) is 4.34. The second-order valence-corrected chi connectivity index (χ2v) is 5.58. The summed E-state index contributed by atoms with van der Waals surface area (Å²) in [4.78, 5) is 10.8. The van der Waals surface area contributed by atoms with Gasteiger partial charge in [-0.05, 0) is 24.5 Å². The predicted octanol–water partition coefficient (Wildman–Crippen LogP) is 2.56. The Balaban J connectivity index is 1.40. The van der Waals surface area contributed by atoms with E-state index in [4.69, 9.17) is 4.52 Å². The minimum absolute atomic E-state index is 0.523. The maximum absolute atomic E-state index is 5.06. The van der Waals surface area contributed by atoms with Crippen molar-refractivity contribution in [2.24, 2.45) is 5.92 Å². The standard InChI is InChI=1S/C16H17N5O/c1-2-4-13(5-3-1)21-7-6-12(10-21)8-17-15-14-9-20-22-16(14)19-11-18-15/h1-5,9,11-12H,6-8,10H2,(H,17,18,19). The van der Waals surface area contributed by atoms with Gasteiger partial charge in [-0.25, -0.2) is 4.98 Å². The molecule has 3 aromatic rings. The van der Waals surface area contributed by atoms with E-state index < -0.39 is 0 Å². The molecule has 4 rings (SSSR count). The van der Waals surface area contributed by atoms with E-state index in [1.54, 1.807) is 6.20 Å². The molecule has 6 nitrogen and oxygen atoms in total. The van der Waals surface area contributed by atoms with Crippen LogP contribution in [0.15, 0.2) is 47.4 Å². The molecule has 1 saturated heterocycles. The summed E-state index contributed by atoms with van der Waals surface area (Å²) < 4.78 is 5.06. The number of anilines is 2. The van der Waals surface area contributed by atoms with Gasteiger partial charge in [0.15, 0.2) is 0 Å². The number of hydrogen-bond donors (Lipinski definition) is 1. The lowest BCUT2D eigenvalue weighted by Crippen LogP contribution is -2.22. The minimum atomic E-state index is 0.523. The summed E-state index contributed by atoms with van der Waals surface area (Å²) in [6.45, 7) is 3.05. The van der Waals surface area contributed by atoms with Crippen molar-refractivity contribution in [3.63, 3.8) is 0 Å². The Hall–Kier alpha value is -2.63. The van der Waals surface area contributed by atoms with E-state index in [0.717, 1.165) is 30.8 Å². The van der Waals surface area contributed by atoms with Crippen molar-refractivity contribution in [1.29, 1.82) is 0 Å². The third-order valence-corrected chi connectivity index (χ3v) is 4.13. The fourth-order valence-corrected chi connectivity index (χ4v) is 2.95. The van der Waals surface area contributed by atoms with E-state index in [1.807, 2.05) is 0 Å². The third kappa shape index (κ3) is 2.47. The van der Waals surface area contributed by atoms with Crippen molar-refractivity contribution in [1.82, 2.24) is 15.1 Å². The lowest BCUT2D eigenvalue weighted by atomic mass is 10.1. The molecule has 0 radical (unpaired) electrons. The molecule has 0 amide bonds. The highest BCUT2D eigenvalue weighted by Crippen LogP contribution is 2.24. The molecule has 0 spiro atoms. The van der Waals surface area contributed by atoms with Crippen molar-refractivity contribution in [2.45, 2.75) is 6.42 Å². The molecule has 2 aromatic heterocycles. The van der Waals surface area contributed by atoms with Crippen LogP contribution >= 0.6 is 0 Å². The van der Waals surface area contributed by atoms with Crippen LogP contribution in [-0.2, 0) is 0 Å². The quantitative estimate of drug-likeness (QED) is 0.798. The molecule has 3 heterocycles. The molecule has 1 unspecified atom stereocenters. The van der Waals surface area contributed by atoms with Crippen LogP contribution in [-0.4, -0.2) is 34.8 Å². The first kappa shape index (κ1) is 13.1. The third-order valence-electron chi connectivity index (χ3n) is 4.13. The van der Waals surface area contributed by atoms with Crippen molar-refractivity contribution >= 4 is 22.6 Å². The van der Waals surface area contributed by atoms with E-state index in [-0.39, 0.29) is 0 Å². The smallest absolute Gasteiger partial charge is 0.262 e. The van der Waals surface area contributed by atoms with Gasteiger partial charge in [0.05, 0.1) is 6.20 Å². The predicted molar refractivity (Wildman–Crippen MR) is 84.9 cm³/mol. The number of para-hydroxylation sites is 1. The number of nitrogens with zero attached hydrogens (tertiary/aromatic N) is 4. The van der Waals surface area contributed by atoms with Gasteiger partial charge in [0.2, 0.25) is 0 Å². The number of hydrogen-bond acceptors (Lipinski definition) is 6. The summed E-state index contributed by atoms with van der Waals surface area (Å²) >= 11 is 0. The van der Waals surface area contributed by atoms with Crippen LogP contribution in [0.4, 0.5) is 11.5 Å². The fourth-order valence-electron chi connectivity index (χ4n) is 2.95.